The Hall–Kier alpha value is 0.850. The maximum atomic E-state index is 11.0. The normalized spacial score (nSPS) is 10.7. The first kappa shape index (κ1) is 10.8. The molecule has 1 nitrogen and oxygen atoms in total. The molecule has 0 aromatic rings. The summed E-state index contributed by atoms with van der Waals surface area (Å²) in [6.45, 7) is 4.18. The van der Waals surface area contributed by atoms with Crippen molar-refractivity contribution in [2.24, 2.45) is 0 Å². The van der Waals surface area contributed by atoms with Crippen LogP contribution in [0, 0.1) is 0 Å². The first-order valence-corrected chi connectivity index (χ1v) is 7.11. The lowest BCUT2D eigenvalue weighted by Gasteiger charge is -1.97. The van der Waals surface area contributed by atoms with Crippen molar-refractivity contribution in [3.63, 3.8) is 0 Å². The van der Waals surface area contributed by atoms with Gasteiger partial charge in [-0.15, -0.1) is 23.5 Å². The van der Waals surface area contributed by atoms with E-state index in [1.54, 1.807) is 23.5 Å². The van der Waals surface area contributed by atoms with E-state index in [1.807, 2.05) is 0 Å². The van der Waals surface area contributed by atoms with E-state index in [1.165, 1.54) is 0 Å². The van der Waals surface area contributed by atoms with E-state index in [0.717, 1.165) is 21.7 Å². The van der Waals surface area contributed by atoms with Crippen LogP contribution in [0.5, 0.6) is 0 Å². The number of hydrogen-bond donors (Lipinski definition) is 0. The first-order valence-electron chi connectivity index (χ1n) is 3.31. The van der Waals surface area contributed by atoms with Gasteiger partial charge >= 0.3 is 0 Å². The molecule has 0 aliphatic heterocycles. The Bertz CT molecular complexity index is 85.0. The zero-order valence-electron chi connectivity index (χ0n) is 6.46. The van der Waals surface area contributed by atoms with Gasteiger partial charge in [0, 0.05) is 10.8 Å². The van der Waals surface area contributed by atoms with Crippen molar-refractivity contribution in [3.8, 4) is 0 Å². The molecule has 0 aliphatic rings. The zero-order chi connectivity index (χ0) is 7.82. The topological polar surface area (TPSA) is 17.1 Å². The Balaban J connectivity index is 3.09. The van der Waals surface area contributed by atoms with Crippen LogP contribution in [-0.4, -0.2) is 25.9 Å². The van der Waals surface area contributed by atoms with Crippen LogP contribution >= 0.6 is 23.5 Å². The number of hydrogen-bond acceptors (Lipinski definition) is 3. The predicted octanol–water partition coefficient (Wildman–Crippen LogP) is 2.16. The summed E-state index contributed by atoms with van der Waals surface area (Å²) in [6.07, 6.45) is 0. The van der Waals surface area contributed by atoms with Crippen LogP contribution in [0.25, 0.3) is 0 Å². The van der Waals surface area contributed by atoms with E-state index in [-0.39, 0.29) is 0 Å². The van der Waals surface area contributed by atoms with E-state index >= 15 is 0 Å². The van der Waals surface area contributed by atoms with Gasteiger partial charge in [0.15, 0.2) is 0 Å². The lowest BCUT2D eigenvalue weighted by molar-refractivity contribution is 0.689. The molecule has 0 atom stereocenters. The Labute approximate surface area is 74.2 Å². The molecule has 0 aliphatic carbocycles. The maximum Gasteiger partial charge on any atom is 0.0700 e. The van der Waals surface area contributed by atoms with Gasteiger partial charge < -0.3 is 0 Å². The molecule has 0 saturated carbocycles. The van der Waals surface area contributed by atoms with Crippen molar-refractivity contribution in [1.82, 2.24) is 0 Å². The Kier molecular flexibility index (Phi) is 8.63. The Morgan fingerprint density at radius 3 is 1.80 bits per heavy atom. The van der Waals surface area contributed by atoms with Gasteiger partial charge in [0.05, 0.1) is 10.2 Å². The summed E-state index contributed by atoms with van der Waals surface area (Å²) in [4.78, 5) is 0. The Morgan fingerprint density at radius 2 is 1.50 bits per heavy atom. The summed E-state index contributed by atoms with van der Waals surface area (Å²) < 4.78 is 11.0. The van der Waals surface area contributed by atoms with Crippen LogP contribution in [0.3, 0.4) is 0 Å². The standard InChI is InChI=1S/C6H14OS3/c1-3-8-5-10(7)6-9-4-2/h3-6H2,1-2H3. The molecular weight excluding hydrogens is 184 g/mol. The summed E-state index contributed by atoms with van der Waals surface area (Å²) in [5.41, 5.74) is 0. The molecule has 10 heavy (non-hydrogen) atoms. The molecule has 0 fully saturated rings. The molecule has 62 valence electrons. The minimum absolute atomic E-state index is 0.594. The number of thioether (sulfide) groups is 2. The van der Waals surface area contributed by atoms with Crippen molar-refractivity contribution in [2.45, 2.75) is 13.8 Å². The third-order valence-electron chi connectivity index (χ3n) is 0.838. The van der Waals surface area contributed by atoms with Gasteiger partial charge in [-0.25, -0.2) is 0 Å². The van der Waals surface area contributed by atoms with E-state index in [4.69, 9.17) is 0 Å². The maximum absolute atomic E-state index is 11.0. The quantitative estimate of drug-likeness (QED) is 0.651. The van der Waals surface area contributed by atoms with Crippen LogP contribution < -0.4 is 0 Å². The van der Waals surface area contributed by atoms with Gasteiger partial charge in [0.1, 0.15) is 0 Å². The first-order chi connectivity index (χ1) is 4.81. The van der Waals surface area contributed by atoms with Gasteiger partial charge in [-0.2, -0.15) is 0 Å². The van der Waals surface area contributed by atoms with Crippen molar-refractivity contribution >= 4 is 34.3 Å². The molecule has 4 heteroatoms. The largest absolute Gasteiger partial charge is 0.258 e. The summed E-state index contributed by atoms with van der Waals surface area (Å²) in [7, 11) is -0.594. The van der Waals surface area contributed by atoms with Crippen LogP contribution in [0.4, 0.5) is 0 Å². The van der Waals surface area contributed by atoms with Crippen molar-refractivity contribution in [3.05, 3.63) is 0 Å². The molecule has 0 unspecified atom stereocenters. The second-order valence-electron chi connectivity index (χ2n) is 1.66. The molecule has 0 aromatic heterocycles. The highest BCUT2D eigenvalue weighted by Crippen LogP contribution is 2.07. The molecule has 0 aromatic carbocycles. The van der Waals surface area contributed by atoms with Crippen LogP contribution in [0.1, 0.15) is 13.8 Å². The summed E-state index contributed by atoms with van der Waals surface area (Å²) in [5.74, 6) is 2.14. The van der Waals surface area contributed by atoms with Gasteiger partial charge in [-0.3, -0.25) is 4.21 Å². The van der Waals surface area contributed by atoms with Gasteiger partial charge in [0.2, 0.25) is 0 Å². The molecule has 0 spiro atoms. The molecule has 0 bridgehead atoms. The van der Waals surface area contributed by atoms with Gasteiger partial charge in [-0.05, 0) is 11.5 Å². The highest BCUT2D eigenvalue weighted by atomic mass is 32.3. The smallest absolute Gasteiger partial charge is 0.0700 e. The average molecular weight is 198 g/mol. The van der Waals surface area contributed by atoms with E-state index in [2.05, 4.69) is 13.8 Å². The monoisotopic (exact) mass is 198 g/mol. The van der Waals surface area contributed by atoms with Crippen LogP contribution in [0.15, 0.2) is 0 Å². The van der Waals surface area contributed by atoms with Crippen molar-refractivity contribution < 1.29 is 4.21 Å². The van der Waals surface area contributed by atoms with Crippen molar-refractivity contribution in [1.29, 1.82) is 0 Å². The van der Waals surface area contributed by atoms with E-state index < -0.39 is 10.8 Å². The van der Waals surface area contributed by atoms with Crippen LogP contribution in [0.2, 0.25) is 0 Å². The number of rotatable bonds is 6. The molecule has 0 N–H and O–H groups in total. The predicted molar refractivity (Wildman–Crippen MR) is 54.1 cm³/mol. The van der Waals surface area contributed by atoms with Crippen LogP contribution in [-0.2, 0) is 10.8 Å². The minimum atomic E-state index is -0.594. The zero-order valence-corrected chi connectivity index (χ0v) is 8.91. The molecule has 0 heterocycles. The van der Waals surface area contributed by atoms with Gasteiger partial charge in [-0.1, -0.05) is 13.8 Å². The highest BCUT2D eigenvalue weighted by molar-refractivity contribution is 8.16. The second kappa shape index (κ2) is 7.95. The second-order valence-corrected chi connectivity index (χ2v) is 6.40. The minimum Gasteiger partial charge on any atom is -0.258 e. The fourth-order valence-corrected chi connectivity index (χ4v) is 4.09. The molecular formula is C6H14OS3. The summed E-state index contributed by atoms with van der Waals surface area (Å²) in [5, 5.41) is 1.62. The fourth-order valence-electron chi connectivity index (χ4n) is 0.387. The molecule has 0 amide bonds. The third kappa shape index (κ3) is 6.96. The van der Waals surface area contributed by atoms with Gasteiger partial charge in [0.25, 0.3) is 0 Å². The Morgan fingerprint density at radius 1 is 1.10 bits per heavy atom. The molecule has 0 rings (SSSR count). The average Bonchev–Trinajstić information content (AvgIpc) is 1.97. The fraction of sp³-hybridized carbons (Fsp3) is 1.00. The molecule has 0 radical (unpaired) electrons. The van der Waals surface area contributed by atoms with Crippen molar-refractivity contribution in [2.75, 3.05) is 21.7 Å². The lowest BCUT2D eigenvalue weighted by atomic mass is 11.0. The summed E-state index contributed by atoms with van der Waals surface area (Å²) >= 11 is 3.51. The SMILES string of the molecule is CCSCS(=O)CSCC. The van der Waals surface area contributed by atoms with E-state index in [9.17, 15) is 4.21 Å². The lowest BCUT2D eigenvalue weighted by Crippen LogP contribution is -1.96. The third-order valence-corrected chi connectivity index (χ3v) is 5.09. The molecule has 0 saturated heterocycles. The van der Waals surface area contributed by atoms with E-state index in [0.29, 0.717) is 0 Å². The summed E-state index contributed by atoms with van der Waals surface area (Å²) in [6, 6.07) is 0. The highest BCUT2D eigenvalue weighted by Gasteiger charge is 1.96.